The zero-order chi connectivity index (χ0) is 18.4. The molecule has 126 valence electrons. The molecule has 2 aromatic carbocycles. The Balaban J connectivity index is 2.31. The van der Waals surface area contributed by atoms with Gasteiger partial charge in [0.1, 0.15) is 11.9 Å². The van der Waals surface area contributed by atoms with E-state index in [4.69, 9.17) is 14.7 Å². The Hall–Kier alpha value is -3.66. The summed E-state index contributed by atoms with van der Waals surface area (Å²) in [5, 5.41) is 19.5. The molecule has 0 fully saturated rings. The Bertz CT molecular complexity index is 899. The number of hydrogen-bond donors (Lipinski definition) is 0. The van der Waals surface area contributed by atoms with Crippen LogP contribution in [0.1, 0.15) is 15.9 Å². The molecule has 7 heteroatoms. The van der Waals surface area contributed by atoms with Crippen molar-refractivity contribution in [1.82, 2.24) is 0 Å². The minimum absolute atomic E-state index is 0.0138. The summed E-state index contributed by atoms with van der Waals surface area (Å²) < 4.78 is 23.8. The van der Waals surface area contributed by atoms with Gasteiger partial charge in [0.15, 0.2) is 11.5 Å². The molecule has 2 rings (SSSR count). The summed E-state index contributed by atoms with van der Waals surface area (Å²) in [6.45, 7) is 0. The maximum atomic E-state index is 13.6. The molecule has 0 aliphatic heterocycles. The maximum Gasteiger partial charge on any atom is 0.346 e. The average Bonchev–Trinajstić information content (AvgIpc) is 2.60. The summed E-state index contributed by atoms with van der Waals surface area (Å²) in [5.41, 5.74) is -0.487. The van der Waals surface area contributed by atoms with Gasteiger partial charge in [-0.2, -0.15) is 5.26 Å². The summed E-state index contributed by atoms with van der Waals surface area (Å²) in [6.07, 6.45) is 1.08. The van der Waals surface area contributed by atoms with Crippen LogP contribution in [-0.2, 0) is 4.79 Å². The molecule has 0 N–H and O–H groups in total. The lowest BCUT2D eigenvalue weighted by atomic mass is 10.1. The van der Waals surface area contributed by atoms with Crippen LogP contribution in [-0.4, -0.2) is 19.0 Å². The third-order valence-electron chi connectivity index (χ3n) is 3.14. The number of aliphatic carboxylic acids is 1. The third-order valence-corrected chi connectivity index (χ3v) is 3.14. The van der Waals surface area contributed by atoms with Gasteiger partial charge >= 0.3 is 5.97 Å². The molecule has 0 aliphatic rings. The van der Waals surface area contributed by atoms with Gasteiger partial charge in [0.2, 0.25) is 0 Å². The molecular formula is C18H11FNO5-. The van der Waals surface area contributed by atoms with E-state index in [0.29, 0.717) is 5.56 Å². The van der Waals surface area contributed by atoms with Crippen molar-refractivity contribution in [2.75, 3.05) is 7.11 Å². The largest absolute Gasteiger partial charge is 0.544 e. The standard InChI is InChI=1S/C18H12FNO5/c1-24-16-9-11(8-12(10-20)17(21)22)6-7-15(16)25-18(23)13-4-2-3-5-14(13)19/h2-9H,1H3,(H,21,22)/p-1/b12-8+. The van der Waals surface area contributed by atoms with Crippen LogP contribution < -0.4 is 14.6 Å². The van der Waals surface area contributed by atoms with Gasteiger partial charge in [0.25, 0.3) is 0 Å². The van der Waals surface area contributed by atoms with E-state index in [1.54, 1.807) is 0 Å². The lowest BCUT2D eigenvalue weighted by Crippen LogP contribution is -2.23. The maximum absolute atomic E-state index is 13.6. The van der Waals surface area contributed by atoms with E-state index < -0.39 is 23.3 Å². The number of benzene rings is 2. The zero-order valence-electron chi connectivity index (χ0n) is 13.0. The molecule has 25 heavy (non-hydrogen) atoms. The van der Waals surface area contributed by atoms with Crippen molar-refractivity contribution < 1.29 is 28.6 Å². The van der Waals surface area contributed by atoms with Crippen LogP contribution in [0.5, 0.6) is 11.5 Å². The Kier molecular flexibility index (Phi) is 5.48. The second kappa shape index (κ2) is 7.75. The lowest BCUT2D eigenvalue weighted by Gasteiger charge is -2.10. The summed E-state index contributed by atoms with van der Waals surface area (Å²) in [7, 11) is 1.31. The molecule has 6 nitrogen and oxygen atoms in total. The lowest BCUT2D eigenvalue weighted by molar-refractivity contribution is -0.298. The molecule has 0 saturated heterocycles. The summed E-state index contributed by atoms with van der Waals surface area (Å²) in [6, 6.07) is 11.0. The van der Waals surface area contributed by atoms with Crippen LogP contribution in [0, 0.1) is 17.1 Å². The van der Waals surface area contributed by atoms with E-state index in [0.717, 1.165) is 12.1 Å². The fraction of sp³-hybridized carbons (Fsp3) is 0.0556. The van der Waals surface area contributed by atoms with Crippen LogP contribution >= 0.6 is 0 Å². The smallest absolute Gasteiger partial charge is 0.346 e. The Labute approximate surface area is 142 Å². The van der Waals surface area contributed by atoms with E-state index >= 15 is 0 Å². The molecule has 0 radical (unpaired) electrons. The summed E-state index contributed by atoms with van der Waals surface area (Å²) >= 11 is 0. The van der Waals surface area contributed by atoms with E-state index in [1.165, 1.54) is 49.6 Å². The highest BCUT2D eigenvalue weighted by atomic mass is 19.1. The van der Waals surface area contributed by atoms with Crippen molar-refractivity contribution in [3.63, 3.8) is 0 Å². The van der Waals surface area contributed by atoms with Crippen LogP contribution in [0.15, 0.2) is 48.0 Å². The number of methoxy groups -OCH3 is 1. The van der Waals surface area contributed by atoms with E-state index in [2.05, 4.69) is 0 Å². The monoisotopic (exact) mass is 340 g/mol. The summed E-state index contributed by atoms with van der Waals surface area (Å²) in [5.74, 6) is -3.13. The number of nitriles is 1. The molecular weight excluding hydrogens is 329 g/mol. The fourth-order valence-corrected chi connectivity index (χ4v) is 1.94. The van der Waals surface area contributed by atoms with Crippen LogP contribution in [0.4, 0.5) is 4.39 Å². The molecule has 0 spiro atoms. The number of carbonyl (C=O) groups excluding carboxylic acids is 2. The van der Waals surface area contributed by atoms with Crippen LogP contribution in [0.3, 0.4) is 0 Å². The zero-order valence-corrected chi connectivity index (χ0v) is 13.0. The van der Waals surface area contributed by atoms with Gasteiger partial charge in [0, 0.05) is 0 Å². The van der Waals surface area contributed by atoms with Crippen molar-refractivity contribution in [2.45, 2.75) is 0 Å². The number of esters is 1. The van der Waals surface area contributed by atoms with Crippen molar-refractivity contribution in [3.05, 3.63) is 65.0 Å². The van der Waals surface area contributed by atoms with Gasteiger partial charge in [-0.15, -0.1) is 0 Å². The quantitative estimate of drug-likeness (QED) is 0.355. The van der Waals surface area contributed by atoms with Gasteiger partial charge in [-0.25, -0.2) is 9.18 Å². The normalized spacial score (nSPS) is 10.7. The Morgan fingerprint density at radius 1 is 1.20 bits per heavy atom. The van der Waals surface area contributed by atoms with Gasteiger partial charge in [-0.1, -0.05) is 18.2 Å². The topological polar surface area (TPSA) is 99.4 Å². The van der Waals surface area contributed by atoms with E-state index in [1.807, 2.05) is 0 Å². The first-order valence-electron chi connectivity index (χ1n) is 6.94. The molecule has 0 unspecified atom stereocenters. The molecule has 0 bridgehead atoms. The first-order chi connectivity index (χ1) is 12.0. The molecule has 0 amide bonds. The predicted molar refractivity (Wildman–Crippen MR) is 82.9 cm³/mol. The molecule has 0 aliphatic carbocycles. The highest BCUT2D eigenvalue weighted by molar-refractivity contribution is 5.95. The second-order valence-electron chi connectivity index (χ2n) is 4.74. The number of ether oxygens (including phenoxy) is 2. The van der Waals surface area contributed by atoms with Gasteiger partial charge in [-0.05, 0) is 35.9 Å². The molecule has 0 heterocycles. The van der Waals surface area contributed by atoms with Gasteiger partial charge in [-0.3, -0.25) is 0 Å². The SMILES string of the molecule is COc1cc(/C=C(\C#N)C(=O)[O-])ccc1OC(=O)c1ccccc1F. The number of halogens is 1. The number of carboxylic acid groups (broad SMARTS) is 1. The van der Waals surface area contributed by atoms with Gasteiger partial charge in [0.05, 0.1) is 24.2 Å². The minimum Gasteiger partial charge on any atom is -0.544 e. The Morgan fingerprint density at radius 3 is 2.52 bits per heavy atom. The molecule has 0 aromatic heterocycles. The first kappa shape index (κ1) is 17.7. The third kappa shape index (κ3) is 4.20. The highest BCUT2D eigenvalue weighted by Crippen LogP contribution is 2.30. The average molecular weight is 340 g/mol. The second-order valence-corrected chi connectivity index (χ2v) is 4.74. The molecule has 0 saturated carbocycles. The van der Waals surface area contributed by atoms with Crippen molar-refractivity contribution in [2.24, 2.45) is 0 Å². The minimum atomic E-state index is -1.61. The highest BCUT2D eigenvalue weighted by Gasteiger charge is 2.16. The van der Waals surface area contributed by atoms with Crippen molar-refractivity contribution in [3.8, 4) is 17.6 Å². The number of carbonyl (C=O) groups is 2. The molecule has 2 aromatic rings. The van der Waals surface area contributed by atoms with Crippen LogP contribution in [0.25, 0.3) is 6.08 Å². The Morgan fingerprint density at radius 2 is 1.92 bits per heavy atom. The molecule has 0 atom stereocenters. The van der Waals surface area contributed by atoms with Crippen LogP contribution in [0.2, 0.25) is 0 Å². The number of carboxylic acids is 1. The number of hydrogen-bond acceptors (Lipinski definition) is 6. The fourth-order valence-electron chi connectivity index (χ4n) is 1.94. The summed E-state index contributed by atoms with van der Waals surface area (Å²) in [4.78, 5) is 22.8. The first-order valence-corrected chi connectivity index (χ1v) is 6.94. The van der Waals surface area contributed by atoms with E-state index in [-0.39, 0.29) is 17.1 Å². The number of rotatable bonds is 5. The van der Waals surface area contributed by atoms with E-state index in [9.17, 15) is 19.1 Å². The van der Waals surface area contributed by atoms with Gasteiger partial charge < -0.3 is 19.4 Å². The van der Waals surface area contributed by atoms with Crippen molar-refractivity contribution in [1.29, 1.82) is 5.26 Å². The number of nitrogens with zero attached hydrogens (tertiary/aromatic N) is 1. The van der Waals surface area contributed by atoms with Crippen molar-refractivity contribution >= 4 is 18.0 Å². The predicted octanol–water partition coefficient (Wildman–Crippen LogP) is 1.71.